The number of aromatic hydroxyl groups is 2. The highest BCUT2D eigenvalue weighted by Crippen LogP contribution is 2.52. The highest BCUT2D eigenvalue weighted by Gasteiger charge is 2.52. The molecular weight excluding hydrogens is 604 g/mol. The highest BCUT2D eigenvalue weighted by atomic mass is 19.1. The summed E-state index contributed by atoms with van der Waals surface area (Å²) in [6, 6.07) is 4.19. The summed E-state index contributed by atoms with van der Waals surface area (Å²) in [5, 5.41) is 54.8. The Labute approximate surface area is 255 Å². The van der Waals surface area contributed by atoms with Crippen molar-refractivity contribution < 1.29 is 68.0 Å². The number of rotatable bonds is 8. The van der Waals surface area contributed by atoms with Crippen LogP contribution in [0.5, 0.6) is 17.2 Å². The fourth-order valence-corrected chi connectivity index (χ4v) is 5.98. The summed E-state index contributed by atoms with van der Waals surface area (Å²) in [6.45, 7) is 0.341. The van der Waals surface area contributed by atoms with Gasteiger partial charge in [-0.1, -0.05) is 12.1 Å². The number of aliphatic hydroxyl groups is 3. The van der Waals surface area contributed by atoms with Gasteiger partial charge in [-0.05, 0) is 13.0 Å². The first-order valence-electron chi connectivity index (χ1n) is 14.0. The standard InChI is InChI=1S/C30H32FNO13/c1-11-23(35)28(40)22(31)29(44-11)45-15-9-30(41,16(33)10-43-17(34)6-7-32)8-13-19(15)27(39)21-20(25(13)37)24(36)12-4-3-5-14(42-2)18(12)26(21)38/h3-5,11,15,22-23,28-29,35,37,39-41H,6-10,32H2,1-2H3/t11-,15-,22+,23+,28-,29-,30-/m0/s1/i10+2,16+1. The van der Waals surface area contributed by atoms with Gasteiger partial charge >= 0.3 is 5.97 Å². The maximum Gasteiger partial charge on any atom is 0.307 e. The van der Waals surface area contributed by atoms with Gasteiger partial charge in [0.25, 0.3) is 0 Å². The zero-order chi connectivity index (χ0) is 33.0. The van der Waals surface area contributed by atoms with Crippen molar-refractivity contribution in [2.24, 2.45) is 5.73 Å². The predicted octanol–water partition coefficient (Wildman–Crippen LogP) is -0.117. The lowest BCUT2D eigenvalue weighted by Gasteiger charge is -2.43. The first-order valence-corrected chi connectivity index (χ1v) is 14.0. The molecular formula is C30H32FNO13. The van der Waals surface area contributed by atoms with Crippen LogP contribution in [0.3, 0.4) is 0 Å². The van der Waals surface area contributed by atoms with E-state index in [4.69, 9.17) is 24.7 Å². The van der Waals surface area contributed by atoms with Crippen LogP contribution < -0.4 is 10.5 Å². The summed E-state index contributed by atoms with van der Waals surface area (Å²) < 4.78 is 36.5. The van der Waals surface area contributed by atoms with Crippen molar-refractivity contribution in [3.8, 4) is 17.2 Å². The first kappa shape index (κ1) is 32.4. The van der Waals surface area contributed by atoms with Crippen molar-refractivity contribution in [2.75, 3.05) is 20.3 Å². The molecule has 15 heteroatoms. The van der Waals surface area contributed by atoms with E-state index >= 15 is 4.39 Å². The quantitative estimate of drug-likeness (QED) is 0.108. The van der Waals surface area contributed by atoms with E-state index in [9.17, 15) is 44.7 Å². The Morgan fingerprint density at radius 3 is 2.47 bits per heavy atom. The van der Waals surface area contributed by atoms with Crippen LogP contribution in [-0.2, 0) is 30.2 Å². The Morgan fingerprint density at radius 2 is 1.80 bits per heavy atom. The van der Waals surface area contributed by atoms with Crippen LogP contribution in [0.15, 0.2) is 18.2 Å². The van der Waals surface area contributed by atoms with Crippen LogP contribution in [0.25, 0.3) is 0 Å². The third kappa shape index (κ3) is 5.34. The molecule has 0 radical (unpaired) electrons. The zero-order valence-electron chi connectivity index (χ0n) is 24.2. The summed E-state index contributed by atoms with van der Waals surface area (Å²) in [5.41, 5.74) is 0.571. The Morgan fingerprint density at radius 1 is 1.11 bits per heavy atom. The smallest absolute Gasteiger partial charge is 0.307 e. The number of alkyl halides is 1. The van der Waals surface area contributed by atoms with Gasteiger partial charge < -0.3 is 50.2 Å². The van der Waals surface area contributed by atoms with Crippen molar-refractivity contribution in [3.05, 3.63) is 51.6 Å². The minimum Gasteiger partial charge on any atom is -0.507 e. The minimum absolute atomic E-state index is 0.0162. The molecule has 5 rings (SSSR count). The minimum atomic E-state index is -2.48. The number of ketones is 3. The van der Waals surface area contributed by atoms with Crippen LogP contribution in [0.2, 0.25) is 0 Å². The van der Waals surface area contributed by atoms with Crippen molar-refractivity contribution in [2.45, 2.75) is 68.7 Å². The topological polar surface area (TPSA) is 232 Å². The first-order chi connectivity index (χ1) is 21.2. The number of halogens is 1. The molecule has 14 nitrogen and oxygen atoms in total. The van der Waals surface area contributed by atoms with Gasteiger partial charge in [0.05, 0.1) is 42.4 Å². The molecule has 1 fully saturated rings. The molecule has 0 amide bonds. The number of carbonyl (C=O) groups excluding carboxylic acids is 4. The van der Waals surface area contributed by atoms with E-state index in [1.54, 1.807) is 0 Å². The van der Waals surface area contributed by atoms with Gasteiger partial charge in [-0.15, -0.1) is 0 Å². The summed E-state index contributed by atoms with van der Waals surface area (Å²) in [4.78, 5) is 52.5. The molecule has 1 saturated heterocycles. The third-order valence-electron chi connectivity index (χ3n) is 8.37. The predicted molar refractivity (Wildman–Crippen MR) is 148 cm³/mol. The fraction of sp³-hybridized carbons (Fsp3) is 0.467. The van der Waals surface area contributed by atoms with E-state index in [1.807, 2.05) is 0 Å². The van der Waals surface area contributed by atoms with Gasteiger partial charge in [0.2, 0.25) is 11.6 Å². The van der Waals surface area contributed by atoms with Crippen LogP contribution in [0.1, 0.15) is 68.8 Å². The van der Waals surface area contributed by atoms with E-state index < -0.39 is 108 Å². The van der Waals surface area contributed by atoms with Crippen molar-refractivity contribution in [1.82, 2.24) is 0 Å². The number of carbonyl (C=O) groups is 4. The van der Waals surface area contributed by atoms with E-state index in [1.165, 1.54) is 32.2 Å². The molecule has 2 aliphatic carbocycles. The summed E-state index contributed by atoms with van der Waals surface area (Å²) in [7, 11) is 1.27. The normalized spacial score (nSPS) is 29.0. The zero-order valence-corrected chi connectivity index (χ0v) is 24.2. The summed E-state index contributed by atoms with van der Waals surface area (Å²) in [6.07, 6.45) is -12.4. The number of fused-ring (bicyclic) bond motifs is 3. The number of methoxy groups -OCH3 is 1. The molecule has 242 valence electrons. The average molecular weight is 637 g/mol. The molecule has 0 unspecified atom stereocenters. The van der Waals surface area contributed by atoms with Gasteiger partial charge in [-0.3, -0.25) is 19.2 Å². The summed E-state index contributed by atoms with van der Waals surface area (Å²) in [5.74, 6) is -5.33. The van der Waals surface area contributed by atoms with Crippen LogP contribution >= 0.6 is 0 Å². The lowest BCUT2D eigenvalue weighted by atomic mass is 9.74. The average Bonchev–Trinajstić information content (AvgIpc) is 3.01. The molecule has 0 aromatic heterocycles. The molecule has 2 aromatic carbocycles. The van der Waals surface area contributed by atoms with E-state index in [2.05, 4.69) is 0 Å². The number of ether oxygens (including phenoxy) is 4. The van der Waals surface area contributed by atoms with Crippen molar-refractivity contribution in [1.29, 1.82) is 0 Å². The maximum absolute atomic E-state index is 15.2. The molecule has 45 heavy (non-hydrogen) atoms. The second-order valence-electron chi connectivity index (χ2n) is 11.2. The largest absolute Gasteiger partial charge is 0.507 e. The van der Waals surface area contributed by atoms with Gasteiger partial charge in [-0.2, -0.15) is 0 Å². The molecule has 1 aliphatic heterocycles. The maximum atomic E-state index is 15.2. The number of hydrogen-bond acceptors (Lipinski definition) is 14. The molecule has 0 spiro atoms. The SMILES string of the molecule is COc1cccc2c1C(=O)c1c(O)c3c(c(O)c1C2=O)C[C@@](O)([13C](=O)[14CH2]OC(=O)CCN)C[C@@H]3O[C@@H]1O[C@@H](C)[C@@H](O)[C@@H](O)[C@H]1F. The second-order valence-corrected chi connectivity index (χ2v) is 11.2. The monoisotopic (exact) mass is 636 g/mol. The molecule has 3 aliphatic rings. The lowest BCUT2D eigenvalue weighted by molar-refractivity contribution is -0.294. The molecule has 7 atom stereocenters. The van der Waals surface area contributed by atoms with E-state index in [0.29, 0.717) is 0 Å². The number of nitrogens with two attached hydrogens (primary N) is 1. The Hall–Kier alpha value is -3.99. The molecule has 2 aromatic rings. The third-order valence-corrected chi connectivity index (χ3v) is 8.37. The van der Waals surface area contributed by atoms with E-state index in [-0.39, 0.29) is 41.0 Å². The Kier molecular flexibility index (Phi) is 8.70. The van der Waals surface area contributed by atoms with Gasteiger partial charge in [0.1, 0.15) is 35.1 Å². The number of hydrogen-bond donors (Lipinski definition) is 6. The Balaban J connectivity index is 1.64. The van der Waals surface area contributed by atoms with Gasteiger partial charge in [0.15, 0.2) is 24.9 Å². The molecule has 0 bridgehead atoms. The molecule has 1 heterocycles. The van der Waals surface area contributed by atoms with Crippen LogP contribution in [0.4, 0.5) is 4.39 Å². The van der Waals surface area contributed by atoms with E-state index in [0.717, 1.165) is 0 Å². The highest BCUT2D eigenvalue weighted by molar-refractivity contribution is 6.31. The van der Waals surface area contributed by atoms with Crippen LogP contribution in [0, 0.1) is 0 Å². The van der Waals surface area contributed by atoms with Crippen molar-refractivity contribution in [3.63, 3.8) is 0 Å². The second kappa shape index (κ2) is 12.1. The number of aliphatic hydroxyl groups excluding tert-OH is 2. The fourth-order valence-electron chi connectivity index (χ4n) is 5.98. The number of phenols is 2. The number of esters is 1. The molecule has 0 saturated carbocycles. The number of benzene rings is 2. The van der Waals surface area contributed by atoms with Crippen LogP contribution in [-0.4, -0.2) is 105 Å². The Bertz CT molecular complexity index is 1580. The van der Waals surface area contributed by atoms with Gasteiger partial charge in [-0.25, -0.2) is 4.39 Å². The van der Waals surface area contributed by atoms with Crippen molar-refractivity contribution >= 4 is 23.3 Å². The summed E-state index contributed by atoms with van der Waals surface area (Å²) >= 11 is 0. The van der Waals surface area contributed by atoms with Gasteiger partial charge in [0, 0.05) is 36.1 Å². The molecule has 7 N–H and O–H groups in total. The lowest BCUT2D eigenvalue weighted by Crippen LogP contribution is -2.56. The number of Topliss-reactive ketones (excluding diaryl/α,β-unsaturated/α-hetero) is 1. The number of phenolic OH excluding ortho intramolecular Hbond substituents is 2.